The second-order valence-electron chi connectivity index (χ2n) is 5.25. The molecule has 2 aliphatic heterocycles. The van der Waals surface area contributed by atoms with E-state index in [1.165, 1.54) is 0 Å². The van der Waals surface area contributed by atoms with Gasteiger partial charge in [-0.2, -0.15) is 5.10 Å². The third kappa shape index (κ3) is 2.68. The van der Waals surface area contributed by atoms with Gasteiger partial charge in [0.1, 0.15) is 6.10 Å². The standard InChI is InChI=1S/C15H15N3O5/c19-15(10-2-1-3-12-14(10)22-8-21-12)18-11-6-20-7-13(11)23-9-4-16-17-5-9/h1-5,11,13H,6-8H2,(H,16,17)(H,18,19)/t11-,13+/m0/s1. The van der Waals surface area contributed by atoms with Crippen molar-refractivity contribution in [1.82, 2.24) is 15.5 Å². The van der Waals surface area contributed by atoms with E-state index in [1.54, 1.807) is 30.6 Å². The van der Waals surface area contributed by atoms with Gasteiger partial charge in [0.25, 0.3) is 5.91 Å². The Morgan fingerprint density at radius 1 is 1.35 bits per heavy atom. The molecule has 0 bridgehead atoms. The van der Waals surface area contributed by atoms with Crippen LogP contribution in [0.1, 0.15) is 10.4 Å². The number of hydrogen-bond acceptors (Lipinski definition) is 6. The van der Waals surface area contributed by atoms with Gasteiger partial charge in [0.05, 0.1) is 37.2 Å². The summed E-state index contributed by atoms with van der Waals surface area (Å²) in [6.07, 6.45) is 2.95. The van der Waals surface area contributed by atoms with Gasteiger partial charge in [-0.3, -0.25) is 9.89 Å². The number of fused-ring (bicyclic) bond motifs is 1. The molecule has 1 saturated heterocycles. The van der Waals surface area contributed by atoms with Crippen molar-refractivity contribution in [3.8, 4) is 17.2 Å². The van der Waals surface area contributed by atoms with Crippen molar-refractivity contribution >= 4 is 5.91 Å². The minimum absolute atomic E-state index is 0.123. The van der Waals surface area contributed by atoms with Crippen molar-refractivity contribution in [2.45, 2.75) is 12.1 Å². The van der Waals surface area contributed by atoms with E-state index in [2.05, 4.69) is 15.5 Å². The minimum atomic E-state index is -0.273. The molecular formula is C15H15N3O5. The first-order chi connectivity index (χ1) is 11.3. The number of hydrogen-bond donors (Lipinski definition) is 2. The normalized spacial score (nSPS) is 22.1. The molecule has 8 heteroatoms. The fourth-order valence-corrected chi connectivity index (χ4v) is 2.62. The zero-order valence-electron chi connectivity index (χ0n) is 12.2. The van der Waals surface area contributed by atoms with Crippen LogP contribution in [0.4, 0.5) is 0 Å². The van der Waals surface area contributed by atoms with Gasteiger partial charge in [0, 0.05) is 0 Å². The number of para-hydroxylation sites is 1. The number of carbonyl (C=O) groups is 1. The molecule has 0 radical (unpaired) electrons. The Morgan fingerprint density at radius 3 is 3.17 bits per heavy atom. The van der Waals surface area contributed by atoms with E-state index in [0.717, 1.165) is 0 Å². The predicted octanol–water partition coefficient (Wildman–Crippen LogP) is 0.715. The Bertz CT molecular complexity index is 703. The molecule has 8 nitrogen and oxygen atoms in total. The van der Waals surface area contributed by atoms with Crippen molar-refractivity contribution in [1.29, 1.82) is 0 Å². The summed E-state index contributed by atoms with van der Waals surface area (Å²) >= 11 is 0. The molecule has 23 heavy (non-hydrogen) atoms. The maximum atomic E-state index is 12.5. The highest BCUT2D eigenvalue weighted by atomic mass is 16.7. The third-order valence-electron chi connectivity index (χ3n) is 3.75. The SMILES string of the molecule is O=C(N[C@H]1COC[C@H]1Oc1cn[nH]c1)c1cccc2c1OCO2. The summed E-state index contributed by atoms with van der Waals surface area (Å²) in [5, 5.41) is 9.44. The Labute approximate surface area is 131 Å². The number of aromatic amines is 1. The molecule has 3 heterocycles. The lowest BCUT2D eigenvalue weighted by atomic mass is 10.1. The number of H-pyrrole nitrogens is 1. The maximum Gasteiger partial charge on any atom is 0.255 e. The summed E-state index contributed by atoms with van der Waals surface area (Å²) in [6.45, 7) is 0.918. The number of nitrogens with zero attached hydrogens (tertiary/aromatic N) is 1. The van der Waals surface area contributed by atoms with Gasteiger partial charge in [-0.25, -0.2) is 0 Å². The summed E-state index contributed by atoms with van der Waals surface area (Å²) in [7, 11) is 0. The Hall–Kier alpha value is -2.74. The number of rotatable bonds is 4. The maximum absolute atomic E-state index is 12.5. The summed E-state index contributed by atoms with van der Waals surface area (Å²) in [5.41, 5.74) is 0.439. The summed E-state index contributed by atoms with van der Waals surface area (Å²) in [6, 6.07) is 4.97. The molecule has 1 fully saturated rings. The van der Waals surface area contributed by atoms with Gasteiger partial charge >= 0.3 is 0 Å². The Morgan fingerprint density at radius 2 is 2.30 bits per heavy atom. The van der Waals surface area contributed by atoms with E-state index in [-0.39, 0.29) is 24.8 Å². The summed E-state index contributed by atoms with van der Waals surface area (Å²) in [4.78, 5) is 12.5. The fraction of sp³-hybridized carbons (Fsp3) is 0.333. The molecule has 1 aromatic carbocycles. The van der Waals surface area contributed by atoms with Gasteiger partial charge in [0.2, 0.25) is 6.79 Å². The summed E-state index contributed by atoms with van der Waals surface area (Å²) < 4.78 is 21.8. The number of ether oxygens (including phenoxy) is 4. The van der Waals surface area contributed by atoms with Crippen LogP contribution < -0.4 is 19.5 Å². The number of nitrogens with one attached hydrogen (secondary N) is 2. The van der Waals surface area contributed by atoms with E-state index >= 15 is 0 Å². The molecule has 0 saturated carbocycles. The zero-order chi connectivity index (χ0) is 15.6. The quantitative estimate of drug-likeness (QED) is 0.862. The average Bonchev–Trinajstić information content (AvgIpc) is 3.29. The van der Waals surface area contributed by atoms with Gasteiger partial charge < -0.3 is 24.3 Å². The smallest absolute Gasteiger partial charge is 0.255 e. The van der Waals surface area contributed by atoms with Crippen LogP contribution in [0, 0.1) is 0 Å². The second-order valence-corrected chi connectivity index (χ2v) is 5.25. The Balaban J connectivity index is 1.47. The number of carbonyl (C=O) groups excluding carboxylic acids is 1. The van der Waals surface area contributed by atoms with Crippen LogP contribution in [0.5, 0.6) is 17.2 Å². The summed E-state index contributed by atoms with van der Waals surface area (Å²) in [5.74, 6) is 1.41. The monoisotopic (exact) mass is 317 g/mol. The first-order valence-corrected chi connectivity index (χ1v) is 7.24. The van der Waals surface area contributed by atoms with E-state index < -0.39 is 0 Å². The van der Waals surface area contributed by atoms with E-state index in [1.807, 2.05) is 0 Å². The molecular weight excluding hydrogens is 302 g/mol. The van der Waals surface area contributed by atoms with Crippen LogP contribution >= 0.6 is 0 Å². The lowest BCUT2D eigenvalue weighted by Gasteiger charge is -2.20. The van der Waals surface area contributed by atoms with Crippen LogP contribution in [0.15, 0.2) is 30.6 Å². The molecule has 0 spiro atoms. The number of benzene rings is 1. The predicted molar refractivity (Wildman–Crippen MR) is 77.6 cm³/mol. The highest BCUT2D eigenvalue weighted by molar-refractivity contribution is 5.98. The first-order valence-electron chi connectivity index (χ1n) is 7.24. The van der Waals surface area contributed by atoms with Crippen molar-refractivity contribution in [2.24, 2.45) is 0 Å². The van der Waals surface area contributed by atoms with Gasteiger partial charge in [-0.15, -0.1) is 0 Å². The van der Waals surface area contributed by atoms with Crippen LogP contribution in [0.25, 0.3) is 0 Å². The molecule has 120 valence electrons. The van der Waals surface area contributed by atoms with E-state index in [9.17, 15) is 4.79 Å². The van der Waals surface area contributed by atoms with Crippen LogP contribution in [0.2, 0.25) is 0 Å². The van der Waals surface area contributed by atoms with Crippen LogP contribution in [-0.2, 0) is 4.74 Å². The molecule has 2 atom stereocenters. The highest BCUT2D eigenvalue weighted by Crippen LogP contribution is 2.35. The topological polar surface area (TPSA) is 94.7 Å². The number of aromatic nitrogens is 2. The molecule has 2 aliphatic rings. The molecule has 2 aromatic rings. The average molecular weight is 317 g/mol. The van der Waals surface area contributed by atoms with Gasteiger partial charge in [-0.1, -0.05) is 6.07 Å². The highest BCUT2D eigenvalue weighted by Gasteiger charge is 2.33. The molecule has 1 aromatic heterocycles. The molecule has 2 N–H and O–H groups in total. The van der Waals surface area contributed by atoms with Crippen molar-refractivity contribution in [3.05, 3.63) is 36.2 Å². The van der Waals surface area contributed by atoms with Crippen molar-refractivity contribution in [2.75, 3.05) is 20.0 Å². The number of amides is 1. The first kappa shape index (κ1) is 13.9. The van der Waals surface area contributed by atoms with Gasteiger partial charge in [0.15, 0.2) is 17.2 Å². The minimum Gasteiger partial charge on any atom is -0.482 e. The van der Waals surface area contributed by atoms with E-state index in [0.29, 0.717) is 36.0 Å². The van der Waals surface area contributed by atoms with Gasteiger partial charge in [-0.05, 0) is 12.1 Å². The van der Waals surface area contributed by atoms with Crippen molar-refractivity contribution < 1.29 is 23.7 Å². The lowest BCUT2D eigenvalue weighted by molar-refractivity contribution is 0.0899. The largest absolute Gasteiger partial charge is 0.482 e. The second kappa shape index (κ2) is 5.81. The Kier molecular flexibility index (Phi) is 3.51. The molecule has 4 rings (SSSR count). The molecule has 1 amide bonds. The van der Waals surface area contributed by atoms with Crippen LogP contribution in [-0.4, -0.2) is 48.3 Å². The fourth-order valence-electron chi connectivity index (χ4n) is 2.62. The lowest BCUT2D eigenvalue weighted by Crippen LogP contribution is -2.45. The van der Waals surface area contributed by atoms with Crippen molar-refractivity contribution in [3.63, 3.8) is 0 Å². The molecule has 0 aliphatic carbocycles. The third-order valence-corrected chi connectivity index (χ3v) is 3.75. The van der Waals surface area contributed by atoms with Crippen LogP contribution in [0.3, 0.4) is 0 Å². The zero-order valence-corrected chi connectivity index (χ0v) is 12.2. The van der Waals surface area contributed by atoms with E-state index in [4.69, 9.17) is 18.9 Å². The molecule has 0 unspecified atom stereocenters.